The van der Waals surface area contributed by atoms with Crippen LogP contribution in [0.1, 0.15) is 31.7 Å². The lowest BCUT2D eigenvalue weighted by atomic mass is 9.92. The van der Waals surface area contributed by atoms with Crippen molar-refractivity contribution in [3.8, 4) is 0 Å². The molecule has 1 saturated carbocycles. The van der Waals surface area contributed by atoms with E-state index in [2.05, 4.69) is 9.55 Å². The first kappa shape index (κ1) is 12.4. The van der Waals surface area contributed by atoms with Gasteiger partial charge in [0.2, 0.25) is 0 Å². The molecule has 2 atom stereocenters. The fourth-order valence-corrected chi connectivity index (χ4v) is 3.08. The minimum Gasteiger partial charge on any atom is -0.379 e. The zero-order valence-electron chi connectivity index (χ0n) is 11.1. The van der Waals surface area contributed by atoms with E-state index in [0.29, 0.717) is 11.4 Å². The third-order valence-electron chi connectivity index (χ3n) is 4.06. The highest BCUT2D eigenvalue weighted by Crippen LogP contribution is 2.32. The average Bonchev–Trinajstić information content (AvgIpc) is 2.48. The Hall–Kier alpha value is -1.68. The number of hydrogen-bond acceptors (Lipinski definition) is 3. The Labute approximate surface area is 112 Å². The molecular formula is C15H18N2O2. The molecule has 0 radical (unpaired) electrons. The van der Waals surface area contributed by atoms with Gasteiger partial charge in [-0.3, -0.25) is 9.78 Å². The van der Waals surface area contributed by atoms with Crippen LogP contribution in [0.5, 0.6) is 0 Å². The Morgan fingerprint density at radius 1 is 1.32 bits per heavy atom. The summed E-state index contributed by atoms with van der Waals surface area (Å²) in [6.45, 7) is 0. The highest BCUT2D eigenvalue weighted by atomic mass is 16.5. The summed E-state index contributed by atoms with van der Waals surface area (Å²) in [5, 5.41) is 0.686. The van der Waals surface area contributed by atoms with Gasteiger partial charge in [0.15, 0.2) is 5.43 Å². The van der Waals surface area contributed by atoms with Gasteiger partial charge in [0.05, 0.1) is 23.0 Å². The zero-order valence-corrected chi connectivity index (χ0v) is 11.1. The van der Waals surface area contributed by atoms with Gasteiger partial charge in [-0.05, 0) is 18.9 Å². The molecule has 3 rings (SSSR count). The third kappa shape index (κ3) is 2.16. The predicted octanol–water partition coefficient (Wildman–Crippen LogP) is 2.53. The van der Waals surface area contributed by atoms with Gasteiger partial charge in [-0.15, -0.1) is 0 Å². The summed E-state index contributed by atoms with van der Waals surface area (Å²) >= 11 is 0. The number of nitrogens with zero attached hydrogens (tertiary/aromatic N) is 2. The van der Waals surface area contributed by atoms with E-state index in [1.165, 1.54) is 12.8 Å². The van der Waals surface area contributed by atoms with Crippen molar-refractivity contribution in [3.63, 3.8) is 0 Å². The Morgan fingerprint density at radius 2 is 2.16 bits per heavy atom. The van der Waals surface area contributed by atoms with E-state index >= 15 is 0 Å². The van der Waals surface area contributed by atoms with Crippen LogP contribution in [0, 0.1) is 0 Å². The monoisotopic (exact) mass is 258 g/mol. The van der Waals surface area contributed by atoms with Crippen LogP contribution >= 0.6 is 0 Å². The highest BCUT2D eigenvalue weighted by molar-refractivity contribution is 5.77. The molecule has 0 bridgehead atoms. The van der Waals surface area contributed by atoms with E-state index in [-0.39, 0.29) is 11.5 Å². The molecule has 4 nitrogen and oxygen atoms in total. The third-order valence-corrected chi connectivity index (χ3v) is 4.06. The van der Waals surface area contributed by atoms with Crippen molar-refractivity contribution in [2.75, 3.05) is 7.11 Å². The van der Waals surface area contributed by atoms with Gasteiger partial charge < -0.3 is 9.30 Å². The van der Waals surface area contributed by atoms with Crippen LogP contribution in [-0.4, -0.2) is 22.8 Å². The van der Waals surface area contributed by atoms with Gasteiger partial charge in [0.1, 0.15) is 0 Å². The quantitative estimate of drug-likeness (QED) is 0.831. The molecule has 0 aliphatic heterocycles. The van der Waals surface area contributed by atoms with Crippen LogP contribution in [0.15, 0.2) is 35.5 Å². The van der Waals surface area contributed by atoms with Gasteiger partial charge in [0.25, 0.3) is 0 Å². The van der Waals surface area contributed by atoms with Crippen molar-refractivity contribution >= 4 is 10.9 Å². The molecule has 0 aromatic carbocycles. The number of fused-ring (bicyclic) bond motifs is 1. The first-order valence-electron chi connectivity index (χ1n) is 6.79. The molecular weight excluding hydrogens is 240 g/mol. The Bertz CT molecular complexity index is 635. The lowest BCUT2D eigenvalue weighted by Crippen LogP contribution is -2.30. The van der Waals surface area contributed by atoms with E-state index < -0.39 is 0 Å². The van der Waals surface area contributed by atoms with Crippen molar-refractivity contribution < 1.29 is 4.74 Å². The van der Waals surface area contributed by atoms with Crippen molar-refractivity contribution in [2.24, 2.45) is 0 Å². The maximum absolute atomic E-state index is 11.9. The average molecular weight is 258 g/mol. The van der Waals surface area contributed by atoms with E-state index in [1.54, 1.807) is 25.6 Å². The highest BCUT2D eigenvalue weighted by Gasteiger charge is 2.26. The maximum atomic E-state index is 11.9. The van der Waals surface area contributed by atoms with Crippen LogP contribution in [-0.2, 0) is 4.74 Å². The molecule has 19 heavy (non-hydrogen) atoms. The van der Waals surface area contributed by atoms with Crippen LogP contribution < -0.4 is 5.43 Å². The van der Waals surface area contributed by atoms with Gasteiger partial charge >= 0.3 is 0 Å². The second kappa shape index (κ2) is 5.13. The van der Waals surface area contributed by atoms with E-state index in [0.717, 1.165) is 18.4 Å². The van der Waals surface area contributed by atoms with Crippen LogP contribution in [0.2, 0.25) is 0 Å². The summed E-state index contributed by atoms with van der Waals surface area (Å²) in [5.41, 5.74) is 0.987. The Morgan fingerprint density at radius 3 is 3.00 bits per heavy atom. The van der Waals surface area contributed by atoms with E-state index in [1.807, 2.05) is 12.3 Å². The van der Waals surface area contributed by atoms with Crippen molar-refractivity contribution in [2.45, 2.75) is 37.8 Å². The van der Waals surface area contributed by atoms with Crippen molar-refractivity contribution in [1.29, 1.82) is 0 Å². The summed E-state index contributed by atoms with van der Waals surface area (Å²) in [5.74, 6) is 0. The molecule has 0 spiro atoms. The van der Waals surface area contributed by atoms with Gasteiger partial charge in [-0.1, -0.05) is 12.8 Å². The van der Waals surface area contributed by atoms with Crippen LogP contribution in [0.25, 0.3) is 10.9 Å². The summed E-state index contributed by atoms with van der Waals surface area (Å²) in [6, 6.07) is 3.85. The number of rotatable bonds is 2. The normalized spacial score (nSPS) is 23.6. The van der Waals surface area contributed by atoms with Crippen LogP contribution in [0.3, 0.4) is 0 Å². The predicted molar refractivity (Wildman–Crippen MR) is 74.3 cm³/mol. The number of ether oxygens (including phenoxy) is 1. The zero-order chi connectivity index (χ0) is 13.2. The molecule has 0 N–H and O–H groups in total. The molecule has 1 fully saturated rings. The molecule has 2 unspecified atom stereocenters. The van der Waals surface area contributed by atoms with Gasteiger partial charge in [-0.2, -0.15) is 0 Å². The topological polar surface area (TPSA) is 44.1 Å². The summed E-state index contributed by atoms with van der Waals surface area (Å²) in [4.78, 5) is 15.9. The number of aromatic nitrogens is 2. The van der Waals surface area contributed by atoms with Gasteiger partial charge in [0, 0.05) is 31.8 Å². The van der Waals surface area contributed by atoms with Crippen LogP contribution in [0.4, 0.5) is 0 Å². The molecule has 2 heterocycles. The number of pyridine rings is 2. The minimum atomic E-state index is 0.0316. The lowest BCUT2D eigenvalue weighted by Gasteiger charge is -2.33. The van der Waals surface area contributed by atoms with E-state index in [9.17, 15) is 4.79 Å². The van der Waals surface area contributed by atoms with Crippen molar-refractivity contribution in [1.82, 2.24) is 9.55 Å². The largest absolute Gasteiger partial charge is 0.379 e. The molecule has 100 valence electrons. The maximum Gasteiger partial charge on any atom is 0.190 e. The molecule has 2 aromatic heterocycles. The summed E-state index contributed by atoms with van der Waals surface area (Å²) in [7, 11) is 1.77. The fraction of sp³-hybridized carbons (Fsp3) is 0.467. The lowest BCUT2D eigenvalue weighted by molar-refractivity contribution is 0.0303. The standard InChI is InChI=1S/C15H18N2O2/c1-19-15-5-3-2-4-13(15)17-9-7-14(18)11-10-16-8-6-12(11)17/h6-10,13,15H,2-5H2,1H3. The van der Waals surface area contributed by atoms with Gasteiger partial charge in [-0.25, -0.2) is 0 Å². The molecule has 0 amide bonds. The van der Waals surface area contributed by atoms with Crippen molar-refractivity contribution in [3.05, 3.63) is 40.9 Å². The molecule has 4 heteroatoms. The Balaban J connectivity index is 2.14. The number of hydrogen-bond donors (Lipinski definition) is 0. The second-order valence-corrected chi connectivity index (χ2v) is 5.11. The number of methoxy groups -OCH3 is 1. The second-order valence-electron chi connectivity index (χ2n) is 5.11. The van der Waals surface area contributed by atoms with E-state index in [4.69, 9.17) is 4.74 Å². The first-order valence-corrected chi connectivity index (χ1v) is 6.79. The molecule has 0 saturated heterocycles. The first-order chi connectivity index (χ1) is 9.31. The fourth-order valence-electron chi connectivity index (χ4n) is 3.08. The molecule has 1 aliphatic carbocycles. The SMILES string of the molecule is COC1CCCCC1n1ccc(=O)c2cnccc21. The summed E-state index contributed by atoms with van der Waals surface area (Å²) in [6.07, 6.45) is 10.1. The summed E-state index contributed by atoms with van der Waals surface area (Å²) < 4.78 is 7.81. The minimum absolute atomic E-state index is 0.0316. The molecule has 1 aliphatic rings. The Kier molecular flexibility index (Phi) is 3.34. The molecule has 2 aromatic rings. The smallest absolute Gasteiger partial charge is 0.190 e.